The number of H-pyrrole nitrogens is 1. The molecule has 2 aromatic rings. The summed E-state index contributed by atoms with van der Waals surface area (Å²) in [5, 5.41) is 12.8. The van der Waals surface area contributed by atoms with Gasteiger partial charge in [-0.15, -0.1) is 0 Å². The summed E-state index contributed by atoms with van der Waals surface area (Å²) in [4.78, 5) is 26.3. The van der Waals surface area contributed by atoms with Crippen LogP contribution in [0.15, 0.2) is 30.5 Å². The number of aromatic amines is 1. The van der Waals surface area contributed by atoms with E-state index < -0.39 is 12.0 Å². The minimum absolute atomic E-state index is 0.240. The average Bonchev–Trinajstić information content (AvgIpc) is 2.88. The van der Waals surface area contributed by atoms with Gasteiger partial charge in [0.1, 0.15) is 6.04 Å². The Kier molecular flexibility index (Phi) is 4.90. The van der Waals surface area contributed by atoms with Crippen LogP contribution in [0.5, 0.6) is 0 Å². The summed E-state index contributed by atoms with van der Waals surface area (Å²) in [5.74, 6) is -1.28. The molecule has 1 heterocycles. The van der Waals surface area contributed by atoms with Crippen molar-refractivity contribution >= 4 is 35.4 Å². The minimum atomic E-state index is -1.04. The predicted molar refractivity (Wildman–Crippen MR) is 84.6 cm³/mol. The van der Waals surface area contributed by atoms with E-state index in [0.717, 1.165) is 16.5 Å². The zero-order chi connectivity index (χ0) is 15.4. The first kappa shape index (κ1) is 15.4. The van der Waals surface area contributed by atoms with E-state index in [2.05, 4.69) is 22.9 Å². The SMILES string of the molecule is C[C@H](CS)C(=O)N[C@H](Cc1c[nH]c2ccccc12)C(=O)O. The number of amides is 1. The molecule has 2 atom stereocenters. The Morgan fingerprint density at radius 2 is 2.10 bits per heavy atom. The van der Waals surface area contributed by atoms with E-state index in [1.54, 1.807) is 13.1 Å². The average molecular weight is 306 g/mol. The molecule has 0 spiro atoms. The van der Waals surface area contributed by atoms with Crippen molar-refractivity contribution in [2.24, 2.45) is 5.92 Å². The number of rotatable bonds is 6. The number of fused-ring (bicyclic) bond motifs is 1. The summed E-state index contributed by atoms with van der Waals surface area (Å²) in [5.41, 5.74) is 1.82. The first-order valence-electron chi connectivity index (χ1n) is 6.72. The van der Waals surface area contributed by atoms with E-state index in [1.807, 2.05) is 24.3 Å². The lowest BCUT2D eigenvalue weighted by molar-refractivity contribution is -0.142. The lowest BCUT2D eigenvalue weighted by Gasteiger charge is -2.16. The summed E-state index contributed by atoms with van der Waals surface area (Å²) in [7, 11) is 0. The third kappa shape index (κ3) is 3.58. The normalized spacial score (nSPS) is 13.8. The number of aliphatic carboxylic acids is 1. The van der Waals surface area contributed by atoms with Gasteiger partial charge in [-0.2, -0.15) is 12.6 Å². The number of carboxylic acid groups (broad SMARTS) is 1. The topological polar surface area (TPSA) is 82.2 Å². The van der Waals surface area contributed by atoms with Crippen molar-refractivity contribution in [2.75, 3.05) is 5.75 Å². The van der Waals surface area contributed by atoms with Gasteiger partial charge in [0.05, 0.1) is 0 Å². The Hall–Kier alpha value is -1.95. The number of carbonyl (C=O) groups excluding carboxylic acids is 1. The van der Waals surface area contributed by atoms with Crippen LogP contribution in [0.25, 0.3) is 10.9 Å². The standard InChI is InChI=1S/C15H18N2O3S/c1-9(8-21)14(18)17-13(15(19)20)6-10-7-16-12-5-3-2-4-11(10)12/h2-5,7,9,13,16,21H,6,8H2,1H3,(H,17,18)(H,19,20)/t9-,13-/m1/s1. The number of thiol groups is 1. The van der Waals surface area contributed by atoms with Crippen molar-refractivity contribution in [3.05, 3.63) is 36.0 Å². The largest absolute Gasteiger partial charge is 0.480 e. The lowest BCUT2D eigenvalue weighted by Crippen LogP contribution is -2.44. The Bertz CT molecular complexity index is 653. The van der Waals surface area contributed by atoms with Crippen LogP contribution >= 0.6 is 12.6 Å². The van der Waals surface area contributed by atoms with E-state index in [4.69, 9.17) is 0 Å². The maximum atomic E-state index is 11.8. The van der Waals surface area contributed by atoms with Crippen molar-refractivity contribution in [1.29, 1.82) is 0 Å². The molecule has 0 unspecified atom stereocenters. The second-order valence-electron chi connectivity index (χ2n) is 5.05. The van der Waals surface area contributed by atoms with Gasteiger partial charge in [-0.25, -0.2) is 4.79 Å². The number of benzene rings is 1. The van der Waals surface area contributed by atoms with Crippen LogP contribution in [0.3, 0.4) is 0 Å². The second-order valence-corrected chi connectivity index (χ2v) is 5.41. The highest BCUT2D eigenvalue weighted by Gasteiger charge is 2.23. The van der Waals surface area contributed by atoms with Gasteiger partial charge in [0.25, 0.3) is 0 Å². The molecule has 0 aliphatic rings. The molecule has 21 heavy (non-hydrogen) atoms. The summed E-state index contributed by atoms with van der Waals surface area (Å²) in [6, 6.07) is 6.72. The molecule has 0 saturated carbocycles. The Labute approximate surface area is 128 Å². The van der Waals surface area contributed by atoms with Gasteiger partial charge >= 0.3 is 5.97 Å². The van der Waals surface area contributed by atoms with Gasteiger partial charge in [0.2, 0.25) is 5.91 Å². The fourth-order valence-electron chi connectivity index (χ4n) is 2.12. The zero-order valence-electron chi connectivity index (χ0n) is 11.7. The number of para-hydroxylation sites is 1. The van der Waals surface area contributed by atoms with E-state index in [-0.39, 0.29) is 18.2 Å². The first-order chi connectivity index (χ1) is 10.0. The molecule has 0 aliphatic heterocycles. The zero-order valence-corrected chi connectivity index (χ0v) is 12.6. The molecular weight excluding hydrogens is 288 g/mol. The maximum Gasteiger partial charge on any atom is 0.326 e. The Balaban J connectivity index is 2.17. The third-order valence-corrected chi connectivity index (χ3v) is 3.98. The van der Waals surface area contributed by atoms with E-state index in [9.17, 15) is 14.7 Å². The smallest absolute Gasteiger partial charge is 0.326 e. The summed E-state index contributed by atoms with van der Waals surface area (Å²) in [6.45, 7) is 1.72. The highest BCUT2D eigenvalue weighted by molar-refractivity contribution is 7.80. The van der Waals surface area contributed by atoms with Gasteiger partial charge in [-0.1, -0.05) is 25.1 Å². The van der Waals surface area contributed by atoms with E-state index in [1.165, 1.54) is 0 Å². The molecule has 0 saturated heterocycles. The second kappa shape index (κ2) is 6.67. The predicted octanol–water partition coefficient (Wildman–Crippen LogP) is 1.85. The highest BCUT2D eigenvalue weighted by atomic mass is 32.1. The van der Waals surface area contributed by atoms with Crippen molar-refractivity contribution < 1.29 is 14.7 Å². The molecule has 2 rings (SSSR count). The van der Waals surface area contributed by atoms with E-state index in [0.29, 0.717) is 5.75 Å². The molecule has 0 bridgehead atoms. The number of carbonyl (C=O) groups is 2. The number of hydrogen-bond acceptors (Lipinski definition) is 3. The molecule has 112 valence electrons. The first-order valence-corrected chi connectivity index (χ1v) is 7.35. The van der Waals surface area contributed by atoms with Gasteiger partial charge in [-0.3, -0.25) is 4.79 Å². The number of nitrogens with one attached hydrogen (secondary N) is 2. The van der Waals surface area contributed by atoms with Crippen LogP contribution in [-0.4, -0.2) is 33.8 Å². The number of carboxylic acids is 1. The fourth-order valence-corrected chi connectivity index (χ4v) is 2.28. The molecule has 1 amide bonds. The van der Waals surface area contributed by atoms with Crippen molar-refractivity contribution in [3.8, 4) is 0 Å². The van der Waals surface area contributed by atoms with Crippen LogP contribution in [0, 0.1) is 5.92 Å². The number of aromatic nitrogens is 1. The van der Waals surface area contributed by atoms with Gasteiger partial charge < -0.3 is 15.4 Å². The third-order valence-electron chi connectivity index (χ3n) is 3.43. The van der Waals surface area contributed by atoms with Crippen LogP contribution in [0.2, 0.25) is 0 Å². The van der Waals surface area contributed by atoms with Crippen molar-refractivity contribution in [2.45, 2.75) is 19.4 Å². The molecule has 0 aliphatic carbocycles. The van der Waals surface area contributed by atoms with E-state index >= 15 is 0 Å². The van der Waals surface area contributed by atoms with Crippen LogP contribution in [0.4, 0.5) is 0 Å². The van der Waals surface area contributed by atoms with Crippen LogP contribution in [-0.2, 0) is 16.0 Å². The summed E-state index contributed by atoms with van der Waals surface area (Å²) < 4.78 is 0. The number of hydrogen-bond donors (Lipinski definition) is 4. The molecule has 1 aromatic carbocycles. The molecule has 3 N–H and O–H groups in total. The van der Waals surface area contributed by atoms with Crippen molar-refractivity contribution in [1.82, 2.24) is 10.3 Å². The van der Waals surface area contributed by atoms with Crippen molar-refractivity contribution in [3.63, 3.8) is 0 Å². The lowest BCUT2D eigenvalue weighted by atomic mass is 10.0. The monoisotopic (exact) mass is 306 g/mol. The maximum absolute atomic E-state index is 11.8. The molecule has 0 fully saturated rings. The Morgan fingerprint density at radius 1 is 1.38 bits per heavy atom. The minimum Gasteiger partial charge on any atom is -0.480 e. The molecule has 5 nitrogen and oxygen atoms in total. The van der Waals surface area contributed by atoms with Crippen LogP contribution < -0.4 is 5.32 Å². The fraction of sp³-hybridized carbons (Fsp3) is 0.333. The summed E-state index contributed by atoms with van der Waals surface area (Å²) in [6.07, 6.45) is 2.03. The van der Waals surface area contributed by atoms with Gasteiger partial charge in [-0.05, 0) is 11.6 Å². The highest BCUT2D eigenvalue weighted by Crippen LogP contribution is 2.19. The molecule has 6 heteroatoms. The molecular formula is C15H18N2O3S. The Morgan fingerprint density at radius 3 is 2.76 bits per heavy atom. The molecule has 1 aromatic heterocycles. The molecule has 0 radical (unpaired) electrons. The summed E-state index contributed by atoms with van der Waals surface area (Å²) >= 11 is 4.05. The van der Waals surface area contributed by atoms with Gasteiger partial charge in [0.15, 0.2) is 0 Å². The van der Waals surface area contributed by atoms with Crippen LogP contribution in [0.1, 0.15) is 12.5 Å². The van der Waals surface area contributed by atoms with Gasteiger partial charge in [0, 0.05) is 35.2 Å². The quantitative estimate of drug-likeness (QED) is 0.615.